The van der Waals surface area contributed by atoms with E-state index in [1.807, 2.05) is 67.0 Å². The number of fused-ring (bicyclic) bond motifs is 2. The normalized spacial score (nSPS) is 11.5. The molecule has 0 radical (unpaired) electrons. The number of halogens is 1. The van der Waals surface area contributed by atoms with Crippen molar-refractivity contribution in [2.75, 3.05) is 5.73 Å². The number of anilines is 1. The molecule has 0 saturated heterocycles. The zero-order chi connectivity index (χ0) is 23.1. The van der Waals surface area contributed by atoms with Gasteiger partial charge < -0.3 is 20.4 Å². The summed E-state index contributed by atoms with van der Waals surface area (Å²) in [5, 5.41) is 2.15. The maximum atomic E-state index is 14.7. The molecule has 2 aromatic heterocycles. The van der Waals surface area contributed by atoms with Crippen molar-refractivity contribution in [3.05, 3.63) is 126 Å². The lowest BCUT2D eigenvalue weighted by atomic mass is 9.84. The quantitative estimate of drug-likeness (QED) is 0.242. The summed E-state index contributed by atoms with van der Waals surface area (Å²) in [5.74, 6) is 0.475. The molecule has 0 aliphatic heterocycles. The van der Waals surface area contributed by atoms with E-state index in [4.69, 9.17) is 10.5 Å². The summed E-state index contributed by atoms with van der Waals surface area (Å²) < 4.78 is 21.0. The van der Waals surface area contributed by atoms with Gasteiger partial charge in [0, 0.05) is 45.7 Å². The van der Waals surface area contributed by atoms with Crippen LogP contribution in [0.1, 0.15) is 22.6 Å². The Bertz CT molecular complexity index is 1560. The smallest absolute Gasteiger partial charge is 0.150 e. The van der Waals surface area contributed by atoms with E-state index in [9.17, 15) is 4.39 Å². The Kier molecular flexibility index (Phi) is 4.81. The molecule has 34 heavy (non-hydrogen) atoms. The van der Waals surface area contributed by atoms with Crippen LogP contribution in [-0.2, 0) is 0 Å². The Labute approximate surface area is 195 Å². The number of ether oxygens (including phenoxy) is 1. The van der Waals surface area contributed by atoms with E-state index in [0.717, 1.165) is 38.5 Å². The fourth-order valence-electron chi connectivity index (χ4n) is 4.70. The number of nitrogens with two attached hydrogens (primary N) is 1. The van der Waals surface area contributed by atoms with Gasteiger partial charge in [0.2, 0.25) is 0 Å². The molecule has 0 aliphatic carbocycles. The molecular formula is C29H22FN3O. The van der Waals surface area contributed by atoms with Gasteiger partial charge in [-0.1, -0.05) is 48.5 Å². The fraction of sp³-hybridized carbons (Fsp3) is 0.0345. The summed E-state index contributed by atoms with van der Waals surface area (Å²) in [4.78, 5) is 6.75. The molecule has 6 rings (SSSR count). The highest BCUT2D eigenvalue weighted by Crippen LogP contribution is 2.44. The van der Waals surface area contributed by atoms with Crippen molar-refractivity contribution < 1.29 is 9.13 Å². The number of hydrogen-bond acceptors (Lipinski definition) is 2. The van der Waals surface area contributed by atoms with Crippen LogP contribution in [0.3, 0.4) is 0 Å². The third kappa shape index (κ3) is 3.39. The van der Waals surface area contributed by atoms with Crippen LogP contribution >= 0.6 is 0 Å². The van der Waals surface area contributed by atoms with Gasteiger partial charge in [-0.05, 0) is 53.6 Å². The first-order chi connectivity index (χ1) is 16.7. The second kappa shape index (κ2) is 8.12. The summed E-state index contributed by atoms with van der Waals surface area (Å²) >= 11 is 0. The Balaban J connectivity index is 1.61. The minimum absolute atomic E-state index is 0.289. The number of nitrogens with one attached hydrogen (secondary N) is 2. The van der Waals surface area contributed by atoms with E-state index in [1.54, 1.807) is 18.2 Å². The van der Waals surface area contributed by atoms with Crippen molar-refractivity contribution in [2.24, 2.45) is 0 Å². The topological polar surface area (TPSA) is 66.8 Å². The van der Waals surface area contributed by atoms with Crippen LogP contribution in [-0.4, -0.2) is 9.97 Å². The van der Waals surface area contributed by atoms with E-state index < -0.39 is 0 Å². The van der Waals surface area contributed by atoms with Crippen LogP contribution in [0.25, 0.3) is 21.8 Å². The summed E-state index contributed by atoms with van der Waals surface area (Å²) in [7, 11) is 0. The number of aromatic nitrogens is 2. The van der Waals surface area contributed by atoms with Gasteiger partial charge in [-0.3, -0.25) is 0 Å². The van der Waals surface area contributed by atoms with Gasteiger partial charge in [-0.2, -0.15) is 0 Å². The lowest BCUT2D eigenvalue weighted by Gasteiger charge is -2.21. The minimum atomic E-state index is -0.326. The van der Waals surface area contributed by atoms with Crippen LogP contribution in [0.15, 0.2) is 103 Å². The second-order valence-electron chi connectivity index (χ2n) is 8.33. The highest BCUT2D eigenvalue weighted by molar-refractivity contribution is 5.89. The third-order valence-electron chi connectivity index (χ3n) is 6.29. The summed E-state index contributed by atoms with van der Waals surface area (Å²) in [6.07, 6.45) is 4.01. The van der Waals surface area contributed by atoms with Crippen molar-refractivity contribution in [3.63, 3.8) is 0 Å². The fourth-order valence-corrected chi connectivity index (χ4v) is 4.70. The SMILES string of the molecule is Nc1ccccc1Oc1ccc(F)cc1C(c1c[nH]c2ccccc12)c1c[nH]c2ccccc12. The largest absolute Gasteiger partial charge is 0.455 e. The molecule has 5 heteroatoms. The van der Waals surface area contributed by atoms with Crippen molar-refractivity contribution in [3.8, 4) is 11.5 Å². The summed E-state index contributed by atoms with van der Waals surface area (Å²) in [5.41, 5.74) is 11.5. The Morgan fingerprint density at radius 3 is 1.88 bits per heavy atom. The van der Waals surface area contributed by atoms with E-state index >= 15 is 0 Å². The maximum absolute atomic E-state index is 14.7. The molecule has 4 N–H and O–H groups in total. The second-order valence-corrected chi connectivity index (χ2v) is 8.33. The van der Waals surface area contributed by atoms with Crippen molar-refractivity contribution in [1.82, 2.24) is 9.97 Å². The molecule has 0 unspecified atom stereocenters. The lowest BCUT2D eigenvalue weighted by Crippen LogP contribution is -2.06. The molecule has 0 aliphatic rings. The molecule has 2 heterocycles. The van der Waals surface area contributed by atoms with E-state index in [0.29, 0.717) is 17.2 Å². The molecule has 0 saturated carbocycles. The first kappa shape index (κ1) is 20.1. The van der Waals surface area contributed by atoms with Gasteiger partial charge >= 0.3 is 0 Å². The number of H-pyrrole nitrogens is 2. The highest BCUT2D eigenvalue weighted by Gasteiger charge is 2.27. The molecule has 4 nitrogen and oxygen atoms in total. The average Bonchev–Trinajstić information content (AvgIpc) is 3.48. The molecule has 0 fully saturated rings. The Morgan fingerprint density at radius 2 is 1.24 bits per heavy atom. The summed E-state index contributed by atoms with van der Waals surface area (Å²) in [6, 6.07) is 28.2. The van der Waals surface area contributed by atoms with E-state index in [1.165, 1.54) is 6.07 Å². The molecule has 4 aromatic carbocycles. The molecule has 0 bridgehead atoms. The van der Waals surface area contributed by atoms with Crippen LogP contribution in [0.2, 0.25) is 0 Å². The number of aromatic amines is 2. The monoisotopic (exact) mass is 447 g/mol. The van der Waals surface area contributed by atoms with Gasteiger partial charge in [0.05, 0.1) is 5.69 Å². The van der Waals surface area contributed by atoms with Crippen LogP contribution in [0.5, 0.6) is 11.5 Å². The molecular weight excluding hydrogens is 425 g/mol. The highest BCUT2D eigenvalue weighted by atomic mass is 19.1. The van der Waals surface area contributed by atoms with Gasteiger partial charge in [0.25, 0.3) is 0 Å². The maximum Gasteiger partial charge on any atom is 0.150 e. The lowest BCUT2D eigenvalue weighted by molar-refractivity contribution is 0.475. The van der Waals surface area contributed by atoms with Crippen LogP contribution in [0.4, 0.5) is 10.1 Å². The molecule has 166 valence electrons. The predicted molar refractivity (Wildman–Crippen MR) is 135 cm³/mol. The molecule has 0 amide bonds. The number of nitrogen functional groups attached to an aromatic ring is 1. The number of rotatable bonds is 5. The molecule has 0 spiro atoms. The number of benzene rings is 4. The Morgan fingerprint density at radius 1 is 0.647 bits per heavy atom. The third-order valence-corrected chi connectivity index (χ3v) is 6.29. The minimum Gasteiger partial charge on any atom is -0.455 e. The molecule has 0 atom stereocenters. The van der Waals surface area contributed by atoms with Crippen molar-refractivity contribution >= 4 is 27.5 Å². The standard InChI is InChI=1S/C29H22FN3O/c30-18-13-14-27(34-28-12-6-3-9-24(28)31)21(15-18)29(22-16-32-25-10-4-1-7-19(22)25)23-17-33-26-11-5-2-8-20(23)26/h1-17,29,32-33H,31H2. The zero-order valence-corrected chi connectivity index (χ0v) is 18.3. The predicted octanol–water partition coefficient (Wildman–Crippen LogP) is 7.34. The average molecular weight is 448 g/mol. The zero-order valence-electron chi connectivity index (χ0n) is 18.3. The van der Waals surface area contributed by atoms with Crippen LogP contribution in [0, 0.1) is 5.82 Å². The van der Waals surface area contributed by atoms with Gasteiger partial charge in [0.1, 0.15) is 17.3 Å². The summed E-state index contributed by atoms with van der Waals surface area (Å²) in [6.45, 7) is 0. The van der Waals surface area contributed by atoms with Crippen molar-refractivity contribution in [1.29, 1.82) is 0 Å². The van der Waals surface area contributed by atoms with Gasteiger partial charge in [-0.15, -0.1) is 0 Å². The van der Waals surface area contributed by atoms with E-state index in [2.05, 4.69) is 22.1 Å². The van der Waals surface area contributed by atoms with Gasteiger partial charge in [-0.25, -0.2) is 4.39 Å². The Hall–Kier alpha value is -4.51. The van der Waals surface area contributed by atoms with E-state index in [-0.39, 0.29) is 11.7 Å². The van der Waals surface area contributed by atoms with Crippen molar-refractivity contribution in [2.45, 2.75) is 5.92 Å². The van der Waals surface area contributed by atoms with Crippen LogP contribution < -0.4 is 10.5 Å². The first-order valence-electron chi connectivity index (χ1n) is 11.1. The number of hydrogen-bond donors (Lipinski definition) is 3. The first-order valence-corrected chi connectivity index (χ1v) is 11.1. The van der Waals surface area contributed by atoms with Gasteiger partial charge in [0.15, 0.2) is 0 Å². The molecule has 6 aromatic rings. The number of para-hydroxylation sites is 4.